The highest BCUT2D eigenvalue weighted by molar-refractivity contribution is 6.09. The molecule has 0 bridgehead atoms. The zero-order valence-electron chi connectivity index (χ0n) is 36.3. The van der Waals surface area contributed by atoms with Crippen LogP contribution >= 0.6 is 0 Å². The van der Waals surface area contributed by atoms with Gasteiger partial charge in [-0.05, 0) is 117 Å². The molecule has 9 aromatic carbocycles. The van der Waals surface area contributed by atoms with Gasteiger partial charge in [0.15, 0.2) is 0 Å². The first-order valence-electron chi connectivity index (χ1n) is 22.6. The number of hydrogen-bond acceptors (Lipinski definition) is 2. The highest BCUT2D eigenvalue weighted by atomic mass is 16.3. The number of allylic oxidation sites excluding steroid dienone is 2. The van der Waals surface area contributed by atoms with E-state index in [1.54, 1.807) is 0 Å². The van der Waals surface area contributed by atoms with Crippen molar-refractivity contribution in [2.75, 3.05) is 4.90 Å². The summed E-state index contributed by atoms with van der Waals surface area (Å²) < 4.78 is 9.06. The zero-order valence-corrected chi connectivity index (χ0v) is 36.3. The van der Waals surface area contributed by atoms with Crippen LogP contribution in [0.1, 0.15) is 16.9 Å². The molecule has 1 aliphatic carbocycles. The van der Waals surface area contributed by atoms with Crippen LogP contribution in [0.15, 0.2) is 235 Å². The Morgan fingerprint density at radius 3 is 1.97 bits per heavy atom. The third-order valence-electron chi connectivity index (χ3n) is 13.0. The van der Waals surface area contributed by atoms with Crippen molar-refractivity contribution in [3.63, 3.8) is 0 Å². The Kier molecular flexibility index (Phi) is 9.73. The summed E-state index contributed by atoms with van der Waals surface area (Å²) in [7, 11) is 0. The third kappa shape index (κ3) is 6.86. The molecule has 66 heavy (non-hydrogen) atoms. The van der Waals surface area contributed by atoms with Crippen LogP contribution in [0, 0.1) is 0 Å². The highest BCUT2D eigenvalue weighted by Gasteiger charge is 2.23. The van der Waals surface area contributed by atoms with Crippen LogP contribution in [0.25, 0.3) is 90.1 Å². The predicted molar refractivity (Wildman–Crippen MR) is 278 cm³/mol. The summed E-state index contributed by atoms with van der Waals surface area (Å²) >= 11 is 0. The maximum atomic E-state index is 6.67. The lowest BCUT2D eigenvalue weighted by molar-refractivity contribution is 0.568. The van der Waals surface area contributed by atoms with Gasteiger partial charge in [0.2, 0.25) is 0 Å². The fraction of sp³-hybridized carbons (Fsp3) is 0.0159. The molecule has 312 valence electrons. The average molecular weight is 845 g/mol. The highest BCUT2D eigenvalue weighted by Crippen LogP contribution is 2.45. The van der Waals surface area contributed by atoms with Crippen LogP contribution in [0.5, 0.6) is 0 Å². The molecule has 0 aliphatic heterocycles. The monoisotopic (exact) mass is 844 g/mol. The lowest BCUT2D eigenvalue weighted by atomic mass is 9.95. The van der Waals surface area contributed by atoms with Gasteiger partial charge in [-0.25, -0.2) is 0 Å². The van der Waals surface area contributed by atoms with Crippen molar-refractivity contribution in [1.29, 1.82) is 0 Å². The van der Waals surface area contributed by atoms with Crippen molar-refractivity contribution < 1.29 is 4.42 Å². The normalized spacial score (nSPS) is 12.1. The van der Waals surface area contributed by atoms with E-state index in [4.69, 9.17) is 4.42 Å². The van der Waals surface area contributed by atoms with Crippen LogP contribution in [0.4, 0.5) is 17.1 Å². The van der Waals surface area contributed by atoms with E-state index in [-0.39, 0.29) is 0 Å². The summed E-state index contributed by atoms with van der Waals surface area (Å²) in [5.74, 6) is 0.985. The number of hydrogen-bond donors (Lipinski definition) is 0. The molecular formula is C63H44N2O. The van der Waals surface area contributed by atoms with E-state index in [1.807, 2.05) is 12.2 Å². The van der Waals surface area contributed by atoms with Gasteiger partial charge in [-0.3, -0.25) is 0 Å². The third-order valence-corrected chi connectivity index (χ3v) is 13.0. The number of rotatable bonds is 9. The Labute approximate surface area is 384 Å². The van der Waals surface area contributed by atoms with Crippen LogP contribution in [-0.4, -0.2) is 4.57 Å². The molecule has 0 atom stereocenters. The van der Waals surface area contributed by atoms with E-state index in [9.17, 15) is 0 Å². The van der Waals surface area contributed by atoms with E-state index in [1.165, 1.54) is 32.2 Å². The van der Waals surface area contributed by atoms with Crippen molar-refractivity contribution in [2.45, 2.75) is 6.42 Å². The van der Waals surface area contributed by atoms with E-state index in [0.29, 0.717) is 0 Å². The van der Waals surface area contributed by atoms with Gasteiger partial charge in [-0.15, -0.1) is 0 Å². The molecule has 0 radical (unpaired) electrons. The summed E-state index contributed by atoms with van der Waals surface area (Å²) in [5.41, 5.74) is 16.7. The minimum absolute atomic E-state index is 0.732. The maximum absolute atomic E-state index is 6.67. The molecule has 2 aromatic heterocycles. The smallest absolute Gasteiger partial charge is 0.135 e. The molecule has 0 N–H and O–H groups in total. The number of nitrogens with zero attached hydrogens (tertiary/aromatic N) is 2. The van der Waals surface area contributed by atoms with Gasteiger partial charge in [0.1, 0.15) is 11.3 Å². The largest absolute Gasteiger partial charge is 0.460 e. The molecule has 3 nitrogen and oxygen atoms in total. The second-order valence-corrected chi connectivity index (χ2v) is 16.9. The molecule has 2 heterocycles. The Bertz CT molecular complexity index is 3770. The lowest BCUT2D eigenvalue weighted by Crippen LogP contribution is -2.22. The fourth-order valence-electron chi connectivity index (χ4n) is 9.91. The summed E-state index contributed by atoms with van der Waals surface area (Å²) in [6, 6.07) is 76.7. The number of benzene rings is 9. The van der Waals surface area contributed by atoms with Gasteiger partial charge in [-0.1, -0.05) is 176 Å². The van der Waals surface area contributed by atoms with E-state index in [0.717, 1.165) is 90.4 Å². The molecule has 11 aromatic rings. The quantitative estimate of drug-likeness (QED) is 0.135. The van der Waals surface area contributed by atoms with Crippen LogP contribution in [-0.2, 0) is 6.42 Å². The SMILES string of the molecule is C=C/C=C\c1cccc(-c2cccc(N(c3ccc(-c4cccc(-n5c6ccccc6c6ccccc65)c4)cc3)c3ccccc3-c3cccc4oc5c(c34)C=c3ccccc3=CC5)c2)c1. The van der Waals surface area contributed by atoms with Crippen LogP contribution in [0.3, 0.4) is 0 Å². The van der Waals surface area contributed by atoms with Gasteiger partial charge in [0.25, 0.3) is 0 Å². The van der Waals surface area contributed by atoms with Crippen molar-refractivity contribution in [3.8, 4) is 39.1 Å². The predicted octanol–water partition coefficient (Wildman–Crippen LogP) is 15.4. The summed E-state index contributed by atoms with van der Waals surface area (Å²) in [5, 5.41) is 6.06. The fourth-order valence-corrected chi connectivity index (χ4v) is 9.91. The topological polar surface area (TPSA) is 21.3 Å². The molecule has 3 heteroatoms. The number of fused-ring (bicyclic) bond motifs is 7. The molecule has 0 unspecified atom stereocenters. The molecular weight excluding hydrogens is 801 g/mol. The first kappa shape index (κ1) is 39.0. The summed E-state index contributed by atoms with van der Waals surface area (Å²) in [6.45, 7) is 3.88. The van der Waals surface area contributed by atoms with E-state index in [2.05, 4.69) is 247 Å². The Balaban J connectivity index is 1.01. The van der Waals surface area contributed by atoms with Gasteiger partial charge in [0, 0.05) is 50.8 Å². The second-order valence-electron chi connectivity index (χ2n) is 16.9. The van der Waals surface area contributed by atoms with Crippen LogP contribution < -0.4 is 15.3 Å². The summed E-state index contributed by atoms with van der Waals surface area (Å²) in [4.78, 5) is 2.41. The van der Waals surface area contributed by atoms with Crippen molar-refractivity contribution >= 4 is 68.1 Å². The lowest BCUT2D eigenvalue weighted by Gasteiger charge is -2.28. The van der Waals surface area contributed by atoms with E-state index < -0.39 is 0 Å². The first-order chi connectivity index (χ1) is 32.7. The standard InChI is InChI=1S/C63H44N2O/c1-2-3-16-43-17-12-20-46(39-43)48-22-14-23-51(41-48)64(58-29-9-8-27-55(58)56-28-15-32-62-63(56)57-42-49-19-5-4-18-44(49)35-38-61(57)66-62)50-36-33-45(34-37-50)47-21-13-24-52(40-47)65-59-30-10-6-25-53(59)54-26-7-11-31-60(54)65/h2-37,39-42H,1,38H2/b16-3-. The molecule has 0 saturated carbocycles. The van der Waals surface area contributed by atoms with Gasteiger partial charge in [0.05, 0.1) is 16.7 Å². The minimum atomic E-state index is 0.732. The Morgan fingerprint density at radius 1 is 0.515 bits per heavy atom. The Hall–Kier alpha value is -8.66. The molecule has 0 amide bonds. The maximum Gasteiger partial charge on any atom is 0.135 e. The van der Waals surface area contributed by atoms with Gasteiger partial charge >= 0.3 is 0 Å². The number of furan rings is 1. The van der Waals surface area contributed by atoms with Gasteiger partial charge in [-0.2, -0.15) is 0 Å². The first-order valence-corrected chi connectivity index (χ1v) is 22.6. The molecule has 12 rings (SSSR count). The number of anilines is 3. The number of para-hydroxylation sites is 3. The zero-order chi connectivity index (χ0) is 44.0. The Morgan fingerprint density at radius 2 is 1.17 bits per heavy atom. The number of aromatic nitrogens is 1. The minimum Gasteiger partial charge on any atom is -0.460 e. The molecule has 0 saturated heterocycles. The molecule has 0 fully saturated rings. The molecule has 0 spiro atoms. The van der Waals surface area contributed by atoms with Crippen molar-refractivity contribution in [3.05, 3.63) is 258 Å². The second kappa shape index (κ2) is 16.5. The van der Waals surface area contributed by atoms with Crippen molar-refractivity contribution in [2.24, 2.45) is 0 Å². The molecule has 1 aliphatic rings. The van der Waals surface area contributed by atoms with Crippen LogP contribution in [0.2, 0.25) is 0 Å². The van der Waals surface area contributed by atoms with E-state index >= 15 is 0 Å². The van der Waals surface area contributed by atoms with Gasteiger partial charge < -0.3 is 13.9 Å². The average Bonchev–Trinajstić information content (AvgIpc) is 3.84. The van der Waals surface area contributed by atoms with Crippen molar-refractivity contribution in [1.82, 2.24) is 4.57 Å². The summed E-state index contributed by atoms with van der Waals surface area (Å²) in [6.07, 6.45) is 11.2.